The van der Waals surface area contributed by atoms with Crippen LogP contribution in [0.2, 0.25) is 0 Å². The maximum atomic E-state index is 11.7. The molecule has 0 atom stereocenters. The van der Waals surface area contributed by atoms with Crippen LogP contribution in [0.1, 0.15) is 31.5 Å². The summed E-state index contributed by atoms with van der Waals surface area (Å²) in [6.45, 7) is 0.416. The average Bonchev–Trinajstić information content (AvgIpc) is 2.85. The van der Waals surface area contributed by atoms with E-state index in [-0.39, 0.29) is 11.8 Å². The van der Waals surface area contributed by atoms with Crippen LogP contribution in [0.4, 0.5) is 0 Å². The molecule has 2 rings (SSSR count). The minimum absolute atomic E-state index is 0.135. The smallest absolute Gasteiger partial charge is 0.223 e. The number of carbonyl (C=O) groups excluding carboxylic acids is 1. The molecule has 1 aromatic rings. The van der Waals surface area contributed by atoms with Gasteiger partial charge in [0, 0.05) is 13.0 Å². The maximum Gasteiger partial charge on any atom is 0.223 e. The van der Waals surface area contributed by atoms with Crippen LogP contribution < -0.4 is 5.32 Å². The van der Waals surface area contributed by atoms with Gasteiger partial charge in [-0.15, -0.1) is 5.10 Å². The second kappa shape index (κ2) is 4.37. The van der Waals surface area contributed by atoms with Gasteiger partial charge in [0.05, 0.1) is 6.54 Å². The predicted molar refractivity (Wildman–Crippen MR) is 52.6 cm³/mol. The van der Waals surface area contributed by atoms with Gasteiger partial charge in [-0.1, -0.05) is 12.8 Å². The Morgan fingerprint density at radius 1 is 1.53 bits per heavy atom. The van der Waals surface area contributed by atoms with Crippen LogP contribution in [-0.4, -0.2) is 26.1 Å². The average molecular weight is 209 g/mol. The lowest BCUT2D eigenvalue weighted by molar-refractivity contribution is -0.125. The summed E-state index contributed by atoms with van der Waals surface area (Å²) in [5.41, 5.74) is 0. The number of nitrogens with one attached hydrogen (secondary N) is 1. The molecule has 1 aromatic heterocycles. The normalized spacial score (nSPS) is 16.9. The van der Waals surface area contributed by atoms with Gasteiger partial charge in [0.15, 0.2) is 5.82 Å². The number of hydrogen-bond donors (Lipinski definition) is 1. The standard InChI is InChI=1S/C9H15N5O/c1-14-8(11-12-13-14)6-10-9(15)7-4-2-3-5-7/h7H,2-6H2,1H3,(H,10,15). The van der Waals surface area contributed by atoms with Crippen LogP contribution >= 0.6 is 0 Å². The van der Waals surface area contributed by atoms with Crippen LogP contribution in [0, 0.1) is 5.92 Å². The summed E-state index contributed by atoms with van der Waals surface area (Å²) in [5, 5.41) is 13.9. The summed E-state index contributed by atoms with van der Waals surface area (Å²) in [6.07, 6.45) is 4.37. The van der Waals surface area contributed by atoms with Crippen molar-refractivity contribution >= 4 is 5.91 Å². The minimum atomic E-state index is 0.135. The second-order valence-electron chi connectivity index (χ2n) is 3.92. The summed E-state index contributed by atoms with van der Waals surface area (Å²) < 4.78 is 1.56. The lowest BCUT2D eigenvalue weighted by Crippen LogP contribution is -2.29. The number of hydrogen-bond acceptors (Lipinski definition) is 4. The SMILES string of the molecule is Cn1nnnc1CNC(=O)C1CCCC1. The molecule has 6 nitrogen and oxygen atoms in total. The van der Waals surface area contributed by atoms with Crippen molar-refractivity contribution in [3.05, 3.63) is 5.82 Å². The van der Waals surface area contributed by atoms with Gasteiger partial charge in [0.1, 0.15) is 0 Å². The monoisotopic (exact) mass is 209 g/mol. The quantitative estimate of drug-likeness (QED) is 0.761. The Balaban J connectivity index is 1.83. The lowest BCUT2D eigenvalue weighted by atomic mass is 10.1. The molecule has 1 saturated carbocycles. The summed E-state index contributed by atoms with van der Waals surface area (Å²) in [5.74, 6) is 1.02. The molecule has 1 aliphatic carbocycles. The number of aromatic nitrogens is 4. The van der Waals surface area contributed by atoms with Crippen LogP contribution in [0.3, 0.4) is 0 Å². The maximum absolute atomic E-state index is 11.7. The van der Waals surface area contributed by atoms with E-state index in [0.717, 1.165) is 12.8 Å². The molecule has 0 bridgehead atoms. The third kappa shape index (κ3) is 2.31. The largest absolute Gasteiger partial charge is 0.348 e. The molecule has 1 aliphatic rings. The van der Waals surface area contributed by atoms with Crippen LogP contribution in [0.5, 0.6) is 0 Å². The Morgan fingerprint density at radius 2 is 2.27 bits per heavy atom. The molecule has 0 aliphatic heterocycles. The van der Waals surface area contributed by atoms with Gasteiger partial charge in [-0.05, 0) is 23.3 Å². The van der Waals surface area contributed by atoms with Crippen molar-refractivity contribution in [1.29, 1.82) is 0 Å². The first-order valence-electron chi connectivity index (χ1n) is 5.26. The summed E-state index contributed by atoms with van der Waals surface area (Å²) in [7, 11) is 1.76. The van der Waals surface area contributed by atoms with Crippen molar-refractivity contribution in [3.63, 3.8) is 0 Å². The molecule has 1 amide bonds. The third-order valence-electron chi connectivity index (χ3n) is 2.85. The fraction of sp³-hybridized carbons (Fsp3) is 0.778. The zero-order valence-corrected chi connectivity index (χ0v) is 8.81. The van der Waals surface area contributed by atoms with E-state index < -0.39 is 0 Å². The highest BCUT2D eigenvalue weighted by atomic mass is 16.1. The van der Waals surface area contributed by atoms with Gasteiger partial charge in [0.2, 0.25) is 5.91 Å². The first-order chi connectivity index (χ1) is 7.27. The highest BCUT2D eigenvalue weighted by molar-refractivity contribution is 5.78. The molecular weight excluding hydrogens is 194 g/mol. The number of aryl methyl sites for hydroxylation is 1. The molecule has 0 saturated heterocycles. The summed E-state index contributed by atoms with van der Waals surface area (Å²) in [6, 6.07) is 0. The van der Waals surface area contributed by atoms with Crippen LogP contribution in [0.25, 0.3) is 0 Å². The lowest BCUT2D eigenvalue weighted by Gasteiger charge is -2.08. The van der Waals surface area contributed by atoms with E-state index in [2.05, 4.69) is 20.8 Å². The highest BCUT2D eigenvalue weighted by Gasteiger charge is 2.22. The molecule has 82 valence electrons. The molecule has 0 radical (unpaired) electrons. The molecule has 0 spiro atoms. The fourth-order valence-corrected chi connectivity index (χ4v) is 1.90. The van der Waals surface area contributed by atoms with E-state index in [1.807, 2.05) is 0 Å². The summed E-state index contributed by atoms with van der Waals surface area (Å²) >= 11 is 0. The van der Waals surface area contributed by atoms with Gasteiger partial charge in [-0.25, -0.2) is 4.68 Å². The minimum Gasteiger partial charge on any atom is -0.348 e. The molecule has 1 fully saturated rings. The van der Waals surface area contributed by atoms with E-state index >= 15 is 0 Å². The van der Waals surface area contributed by atoms with Gasteiger partial charge in [0.25, 0.3) is 0 Å². The molecular formula is C9H15N5O. The molecule has 0 unspecified atom stereocenters. The molecule has 0 aromatic carbocycles. The van der Waals surface area contributed by atoms with E-state index in [4.69, 9.17) is 0 Å². The summed E-state index contributed by atoms with van der Waals surface area (Å²) in [4.78, 5) is 11.7. The molecule has 6 heteroatoms. The van der Waals surface area contributed by atoms with Crippen molar-refractivity contribution in [2.45, 2.75) is 32.2 Å². The van der Waals surface area contributed by atoms with E-state index in [1.165, 1.54) is 12.8 Å². The molecule has 1 heterocycles. The highest BCUT2D eigenvalue weighted by Crippen LogP contribution is 2.24. The number of nitrogens with zero attached hydrogens (tertiary/aromatic N) is 4. The fourth-order valence-electron chi connectivity index (χ4n) is 1.90. The van der Waals surface area contributed by atoms with Crippen molar-refractivity contribution < 1.29 is 4.79 Å². The Bertz CT molecular complexity index is 342. The second-order valence-corrected chi connectivity index (χ2v) is 3.92. The van der Waals surface area contributed by atoms with Crippen LogP contribution in [0.15, 0.2) is 0 Å². The molecule has 1 N–H and O–H groups in total. The van der Waals surface area contributed by atoms with Crippen molar-refractivity contribution in [2.24, 2.45) is 13.0 Å². The van der Waals surface area contributed by atoms with Gasteiger partial charge < -0.3 is 5.32 Å². The van der Waals surface area contributed by atoms with Crippen molar-refractivity contribution in [1.82, 2.24) is 25.5 Å². The van der Waals surface area contributed by atoms with Gasteiger partial charge in [-0.3, -0.25) is 4.79 Å². The topological polar surface area (TPSA) is 72.7 Å². The number of tetrazole rings is 1. The number of amides is 1. The van der Waals surface area contributed by atoms with E-state index in [0.29, 0.717) is 12.4 Å². The van der Waals surface area contributed by atoms with E-state index in [9.17, 15) is 4.79 Å². The van der Waals surface area contributed by atoms with Crippen LogP contribution in [-0.2, 0) is 18.4 Å². The Kier molecular flexibility index (Phi) is 2.94. The Hall–Kier alpha value is -1.46. The first-order valence-corrected chi connectivity index (χ1v) is 5.26. The zero-order valence-electron chi connectivity index (χ0n) is 8.81. The van der Waals surface area contributed by atoms with E-state index in [1.54, 1.807) is 11.7 Å². The van der Waals surface area contributed by atoms with Crippen molar-refractivity contribution in [3.8, 4) is 0 Å². The first kappa shape index (κ1) is 10.1. The Labute approximate surface area is 88.0 Å². The van der Waals surface area contributed by atoms with Crippen molar-refractivity contribution in [2.75, 3.05) is 0 Å². The van der Waals surface area contributed by atoms with Gasteiger partial charge >= 0.3 is 0 Å². The third-order valence-corrected chi connectivity index (χ3v) is 2.85. The van der Waals surface area contributed by atoms with Gasteiger partial charge in [-0.2, -0.15) is 0 Å². The molecule has 15 heavy (non-hydrogen) atoms. The zero-order chi connectivity index (χ0) is 10.7. The Morgan fingerprint density at radius 3 is 2.87 bits per heavy atom. The predicted octanol–water partition coefficient (Wildman–Crippen LogP) is 0.0165. The number of rotatable bonds is 3. The number of carbonyl (C=O) groups is 1.